The van der Waals surface area contributed by atoms with Gasteiger partial charge in [0.05, 0.1) is 0 Å². The molecule has 0 nitrogen and oxygen atoms in total. The van der Waals surface area contributed by atoms with Gasteiger partial charge in [0.1, 0.15) is 0 Å². The van der Waals surface area contributed by atoms with E-state index in [1.54, 1.807) is 0 Å². The van der Waals surface area contributed by atoms with Crippen LogP contribution in [0, 0.1) is 0 Å². The number of unbranched alkanes of at least 4 members (excludes halogenated alkanes) is 7. The van der Waals surface area contributed by atoms with Crippen molar-refractivity contribution in [3.05, 3.63) is 35.4 Å². The van der Waals surface area contributed by atoms with Gasteiger partial charge in [0.25, 0.3) is 0 Å². The molecule has 0 spiro atoms. The summed E-state index contributed by atoms with van der Waals surface area (Å²) in [5.74, 6) is 0.723. The Balaban J connectivity index is 2.08. The van der Waals surface area contributed by atoms with Crippen LogP contribution in [0.25, 0.3) is 0 Å². The molecule has 0 aliphatic carbocycles. The second kappa shape index (κ2) is 10.9. The van der Waals surface area contributed by atoms with E-state index in [-0.39, 0.29) is 0 Å². The van der Waals surface area contributed by atoms with Crippen LogP contribution in [0.4, 0.5) is 0 Å². The van der Waals surface area contributed by atoms with Gasteiger partial charge in [-0.1, -0.05) is 96.4 Å². The van der Waals surface area contributed by atoms with Gasteiger partial charge in [-0.25, -0.2) is 0 Å². The van der Waals surface area contributed by atoms with E-state index in [2.05, 4.69) is 45.0 Å². The SMILES string of the molecule is CCCCCCCCCCC(C)c1ccc(CC)cc1. The minimum atomic E-state index is 0.723. The first kappa shape index (κ1) is 17.3. The van der Waals surface area contributed by atoms with Gasteiger partial charge in [0, 0.05) is 0 Å². The zero-order chi connectivity index (χ0) is 14.6. The first-order chi connectivity index (χ1) is 9.77. The van der Waals surface area contributed by atoms with Crippen molar-refractivity contribution in [3.63, 3.8) is 0 Å². The predicted octanol–water partition coefficient (Wildman–Crippen LogP) is 6.88. The molecule has 1 aromatic rings. The molecule has 0 fully saturated rings. The first-order valence-corrected chi connectivity index (χ1v) is 8.86. The van der Waals surface area contributed by atoms with Gasteiger partial charge in [0.2, 0.25) is 0 Å². The standard InChI is InChI=1S/C20H34/c1-4-6-7-8-9-10-11-12-13-18(3)20-16-14-19(5-2)15-17-20/h14-18H,4-13H2,1-3H3. The van der Waals surface area contributed by atoms with Gasteiger partial charge < -0.3 is 0 Å². The highest BCUT2D eigenvalue weighted by Crippen LogP contribution is 2.22. The number of aryl methyl sites for hydroxylation is 1. The maximum absolute atomic E-state index is 2.38. The van der Waals surface area contributed by atoms with Crippen molar-refractivity contribution in [3.8, 4) is 0 Å². The molecule has 0 radical (unpaired) electrons. The quantitative estimate of drug-likeness (QED) is 0.386. The van der Waals surface area contributed by atoms with Crippen molar-refractivity contribution in [2.24, 2.45) is 0 Å². The van der Waals surface area contributed by atoms with Crippen LogP contribution in [-0.4, -0.2) is 0 Å². The maximum Gasteiger partial charge on any atom is -0.0190 e. The molecule has 114 valence electrons. The molecule has 0 heteroatoms. The lowest BCUT2D eigenvalue weighted by Crippen LogP contribution is -1.94. The Labute approximate surface area is 127 Å². The van der Waals surface area contributed by atoms with E-state index >= 15 is 0 Å². The van der Waals surface area contributed by atoms with E-state index in [4.69, 9.17) is 0 Å². The zero-order valence-corrected chi connectivity index (χ0v) is 14.0. The smallest absolute Gasteiger partial charge is 0.0190 e. The molecule has 0 saturated carbocycles. The lowest BCUT2D eigenvalue weighted by molar-refractivity contribution is 0.543. The first-order valence-electron chi connectivity index (χ1n) is 8.86. The van der Waals surface area contributed by atoms with E-state index in [9.17, 15) is 0 Å². The Kier molecular flexibility index (Phi) is 9.45. The molecule has 1 unspecified atom stereocenters. The van der Waals surface area contributed by atoms with Crippen LogP contribution >= 0.6 is 0 Å². The maximum atomic E-state index is 2.38. The topological polar surface area (TPSA) is 0 Å². The molecule has 0 bridgehead atoms. The molecule has 20 heavy (non-hydrogen) atoms. The van der Waals surface area contributed by atoms with Crippen LogP contribution in [-0.2, 0) is 6.42 Å². The molecular weight excluding hydrogens is 240 g/mol. The van der Waals surface area contributed by atoms with Gasteiger partial charge in [0.15, 0.2) is 0 Å². The third-order valence-electron chi connectivity index (χ3n) is 4.45. The van der Waals surface area contributed by atoms with Crippen molar-refractivity contribution < 1.29 is 0 Å². The summed E-state index contributed by atoms with van der Waals surface area (Å²) in [6.07, 6.45) is 13.9. The lowest BCUT2D eigenvalue weighted by atomic mass is 9.93. The highest BCUT2D eigenvalue weighted by atomic mass is 14.1. The molecule has 1 atom stereocenters. The largest absolute Gasteiger partial charge is 0.0654 e. The number of benzene rings is 1. The highest BCUT2D eigenvalue weighted by molar-refractivity contribution is 5.24. The monoisotopic (exact) mass is 274 g/mol. The molecule has 1 rings (SSSR count). The third-order valence-corrected chi connectivity index (χ3v) is 4.45. The molecule has 0 aliphatic rings. The number of hydrogen-bond acceptors (Lipinski definition) is 0. The summed E-state index contributed by atoms with van der Waals surface area (Å²) >= 11 is 0. The Morgan fingerprint density at radius 1 is 0.750 bits per heavy atom. The minimum Gasteiger partial charge on any atom is -0.0654 e. The molecule has 0 saturated heterocycles. The molecule has 0 N–H and O–H groups in total. The predicted molar refractivity (Wildman–Crippen MR) is 91.5 cm³/mol. The van der Waals surface area contributed by atoms with Crippen LogP contribution in [0.2, 0.25) is 0 Å². The van der Waals surface area contributed by atoms with Crippen molar-refractivity contribution in [2.45, 2.75) is 90.9 Å². The van der Waals surface area contributed by atoms with Gasteiger partial charge in [-0.3, -0.25) is 0 Å². The second-order valence-corrected chi connectivity index (χ2v) is 6.26. The Bertz CT molecular complexity index is 322. The molecule has 0 aromatic heterocycles. The molecular formula is C20H34. The zero-order valence-electron chi connectivity index (χ0n) is 14.0. The van der Waals surface area contributed by atoms with E-state index < -0.39 is 0 Å². The van der Waals surface area contributed by atoms with E-state index in [1.807, 2.05) is 0 Å². The summed E-state index contributed by atoms with van der Waals surface area (Å²) in [7, 11) is 0. The van der Waals surface area contributed by atoms with Crippen molar-refractivity contribution in [1.29, 1.82) is 0 Å². The molecule has 0 heterocycles. The molecule has 1 aromatic carbocycles. The van der Waals surface area contributed by atoms with E-state index in [0.717, 1.165) is 12.3 Å². The van der Waals surface area contributed by atoms with Crippen molar-refractivity contribution >= 4 is 0 Å². The molecule has 0 aliphatic heterocycles. The summed E-state index contributed by atoms with van der Waals surface area (Å²) in [4.78, 5) is 0. The Morgan fingerprint density at radius 2 is 1.30 bits per heavy atom. The fourth-order valence-electron chi connectivity index (χ4n) is 2.83. The average Bonchev–Trinajstić information content (AvgIpc) is 2.50. The Morgan fingerprint density at radius 3 is 1.85 bits per heavy atom. The van der Waals surface area contributed by atoms with Crippen molar-refractivity contribution in [1.82, 2.24) is 0 Å². The van der Waals surface area contributed by atoms with E-state index in [1.165, 1.54) is 68.9 Å². The average molecular weight is 274 g/mol. The fourth-order valence-corrected chi connectivity index (χ4v) is 2.83. The summed E-state index contributed by atoms with van der Waals surface area (Å²) < 4.78 is 0. The fraction of sp³-hybridized carbons (Fsp3) is 0.700. The van der Waals surface area contributed by atoms with Gasteiger partial charge in [-0.05, 0) is 29.9 Å². The summed E-state index contributed by atoms with van der Waals surface area (Å²) in [6, 6.07) is 9.24. The normalized spacial score (nSPS) is 12.6. The van der Waals surface area contributed by atoms with Crippen LogP contribution in [0.1, 0.15) is 95.6 Å². The van der Waals surface area contributed by atoms with Crippen LogP contribution in [0.5, 0.6) is 0 Å². The van der Waals surface area contributed by atoms with E-state index in [0.29, 0.717) is 0 Å². The van der Waals surface area contributed by atoms with Crippen LogP contribution in [0.15, 0.2) is 24.3 Å². The van der Waals surface area contributed by atoms with Crippen LogP contribution in [0.3, 0.4) is 0 Å². The minimum absolute atomic E-state index is 0.723. The van der Waals surface area contributed by atoms with Gasteiger partial charge >= 0.3 is 0 Å². The van der Waals surface area contributed by atoms with Gasteiger partial charge in [-0.2, -0.15) is 0 Å². The molecule has 0 amide bonds. The summed E-state index contributed by atoms with van der Waals surface area (Å²) in [6.45, 7) is 6.88. The lowest BCUT2D eigenvalue weighted by Gasteiger charge is -2.12. The van der Waals surface area contributed by atoms with Crippen LogP contribution < -0.4 is 0 Å². The summed E-state index contributed by atoms with van der Waals surface area (Å²) in [5, 5.41) is 0. The number of rotatable bonds is 11. The third kappa shape index (κ3) is 7.12. The summed E-state index contributed by atoms with van der Waals surface area (Å²) in [5.41, 5.74) is 2.97. The van der Waals surface area contributed by atoms with Crippen molar-refractivity contribution in [2.75, 3.05) is 0 Å². The Hall–Kier alpha value is -0.780. The highest BCUT2D eigenvalue weighted by Gasteiger charge is 2.04. The number of hydrogen-bond donors (Lipinski definition) is 0. The van der Waals surface area contributed by atoms with Gasteiger partial charge in [-0.15, -0.1) is 0 Å². The second-order valence-electron chi connectivity index (χ2n) is 6.26.